The quantitative estimate of drug-likeness (QED) is 0.575. The molecular weight excluding hydrogens is 306 g/mol. The van der Waals surface area contributed by atoms with E-state index in [1.807, 2.05) is 0 Å². The number of rotatable bonds is 8. The van der Waals surface area contributed by atoms with E-state index in [2.05, 4.69) is 15.6 Å². The minimum absolute atomic E-state index is 0.0480. The third kappa shape index (κ3) is 5.17. The van der Waals surface area contributed by atoms with E-state index in [1.165, 1.54) is 6.92 Å². The number of carbonyl (C=O) groups is 2. The molecule has 0 aliphatic carbocycles. The maximum Gasteiger partial charge on any atom is 0.274 e. The monoisotopic (exact) mass is 327 g/mol. The van der Waals surface area contributed by atoms with Crippen molar-refractivity contribution in [3.05, 3.63) is 53.9 Å². The molecule has 2 aromatic rings. The Morgan fingerprint density at radius 1 is 1.17 bits per heavy atom. The van der Waals surface area contributed by atoms with Crippen molar-refractivity contribution in [1.29, 1.82) is 0 Å². The van der Waals surface area contributed by atoms with E-state index < -0.39 is 0 Å². The summed E-state index contributed by atoms with van der Waals surface area (Å²) in [6.45, 7) is 2.96. The number of methoxy groups -OCH3 is 1. The fourth-order valence-electron chi connectivity index (χ4n) is 2.09. The summed E-state index contributed by atoms with van der Waals surface area (Å²) in [5.41, 5.74) is 2.28. The van der Waals surface area contributed by atoms with Gasteiger partial charge in [0.25, 0.3) is 5.91 Å². The van der Waals surface area contributed by atoms with Crippen molar-refractivity contribution in [3.8, 4) is 0 Å². The van der Waals surface area contributed by atoms with Crippen LogP contribution in [-0.2, 0) is 4.74 Å². The van der Waals surface area contributed by atoms with Crippen LogP contribution in [0.5, 0.6) is 0 Å². The third-order valence-electron chi connectivity index (χ3n) is 3.38. The Morgan fingerprint density at radius 2 is 2.00 bits per heavy atom. The first kappa shape index (κ1) is 17.6. The molecule has 6 nitrogen and oxygen atoms in total. The van der Waals surface area contributed by atoms with Gasteiger partial charge in [-0.1, -0.05) is 12.1 Å². The predicted molar refractivity (Wildman–Crippen MR) is 93.6 cm³/mol. The van der Waals surface area contributed by atoms with E-state index >= 15 is 0 Å². The summed E-state index contributed by atoms with van der Waals surface area (Å²) in [5.74, 6) is -0.366. The number of benzene rings is 1. The highest BCUT2D eigenvalue weighted by molar-refractivity contribution is 6.04. The molecule has 6 heteroatoms. The summed E-state index contributed by atoms with van der Waals surface area (Å²) in [6, 6.07) is 10.3. The number of nitrogens with one attached hydrogen (secondary N) is 2. The van der Waals surface area contributed by atoms with Gasteiger partial charge in [0.15, 0.2) is 5.78 Å². The number of amides is 1. The minimum Gasteiger partial charge on any atom is -0.385 e. The Balaban J connectivity index is 1.95. The first-order valence-corrected chi connectivity index (χ1v) is 7.71. The molecule has 1 aromatic carbocycles. The molecule has 0 saturated heterocycles. The van der Waals surface area contributed by atoms with Gasteiger partial charge in [0, 0.05) is 31.5 Å². The van der Waals surface area contributed by atoms with Crippen LogP contribution in [-0.4, -0.2) is 36.9 Å². The average Bonchev–Trinajstić information content (AvgIpc) is 2.59. The van der Waals surface area contributed by atoms with Crippen LogP contribution >= 0.6 is 0 Å². The smallest absolute Gasteiger partial charge is 0.274 e. The van der Waals surface area contributed by atoms with Gasteiger partial charge in [0.05, 0.1) is 11.9 Å². The lowest BCUT2D eigenvalue weighted by Gasteiger charge is -2.08. The van der Waals surface area contributed by atoms with Crippen LogP contribution in [0.3, 0.4) is 0 Å². The van der Waals surface area contributed by atoms with Crippen molar-refractivity contribution in [2.24, 2.45) is 0 Å². The molecule has 126 valence electrons. The second-order valence-electron chi connectivity index (χ2n) is 5.30. The largest absolute Gasteiger partial charge is 0.385 e. The average molecular weight is 327 g/mol. The van der Waals surface area contributed by atoms with Crippen molar-refractivity contribution >= 4 is 23.1 Å². The lowest BCUT2D eigenvalue weighted by atomic mass is 10.1. The number of ketones is 1. The molecule has 0 saturated carbocycles. The number of aromatic nitrogens is 1. The number of hydrogen-bond donors (Lipinski definition) is 2. The van der Waals surface area contributed by atoms with E-state index in [-0.39, 0.29) is 11.7 Å². The standard InChI is InChI=1S/C18H21N3O3/c1-13(22)14-5-3-6-15(11-14)21-18(23)17-8-7-16(12-20-17)19-9-4-10-24-2/h3,5-8,11-12,19H,4,9-10H2,1-2H3,(H,21,23). The normalized spacial score (nSPS) is 10.2. The van der Waals surface area contributed by atoms with Gasteiger partial charge in [-0.3, -0.25) is 9.59 Å². The molecule has 1 amide bonds. The van der Waals surface area contributed by atoms with Crippen LogP contribution in [0, 0.1) is 0 Å². The molecule has 0 aliphatic rings. The van der Waals surface area contributed by atoms with Crippen LogP contribution in [0.15, 0.2) is 42.6 Å². The molecule has 0 spiro atoms. The van der Waals surface area contributed by atoms with Gasteiger partial charge in [-0.15, -0.1) is 0 Å². The summed E-state index contributed by atoms with van der Waals surface area (Å²) >= 11 is 0. The SMILES string of the molecule is COCCCNc1ccc(C(=O)Nc2cccc(C(C)=O)c2)nc1. The number of pyridine rings is 1. The van der Waals surface area contributed by atoms with Gasteiger partial charge in [-0.05, 0) is 37.6 Å². The lowest BCUT2D eigenvalue weighted by Crippen LogP contribution is -2.14. The summed E-state index contributed by atoms with van der Waals surface area (Å²) < 4.78 is 4.98. The molecule has 1 heterocycles. The van der Waals surface area contributed by atoms with Crippen molar-refractivity contribution in [1.82, 2.24) is 4.98 Å². The van der Waals surface area contributed by atoms with E-state index in [0.29, 0.717) is 23.6 Å². The molecule has 0 bridgehead atoms. The molecule has 0 unspecified atom stereocenters. The summed E-state index contributed by atoms with van der Waals surface area (Å²) in [4.78, 5) is 27.7. The van der Waals surface area contributed by atoms with Crippen LogP contribution in [0.25, 0.3) is 0 Å². The molecule has 0 atom stereocenters. The Morgan fingerprint density at radius 3 is 2.67 bits per heavy atom. The van der Waals surface area contributed by atoms with Crippen LogP contribution in [0.2, 0.25) is 0 Å². The topological polar surface area (TPSA) is 80.3 Å². The molecule has 0 radical (unpaired) electrons. The van der Waals surface area contributed by atoms with E-state index in [1.54, 1.807) is 49.7 Å². The third-order valence-corrected chi connectivity index (χ3v) is 3.38. The first-order valence-electron chi connectivity index (χ1n) is 7.71. The van der Waals surface area contributed by atoms with Gasteiger partial charge in [0.2, 0.25) is 0 Å². The maximum atomic E-state index is 12.2. The molecule has 0 aliphatic heterocycles. The first-order chi connectivity index (χ1) is 11.6. The second-order valence-corrected chi connectivity index (χ2v) is 5.30. The molecule has 0 fully saturated rings. The van der Waals surface area contributed by atoms with Crippen molar-refractivity contribution < 1.29 is 14.3 Å². The van der Waals surface area contributed by atoms with Crippen LogP contribution < -0.4 is 10.6 Å². The van der Waals surface area contributed by atoms with Crippen LogP contribution in [0.4, 0.5) is 11.4 Å². The highest BCUT2D eigenvalue weighted by Crippen LogP contribution is 2.13. The van der Waals surface area contributed by atoms with E-state index in [4.69, 9.17) is 4.74 Å². The highest BCUT2D eigenvalue weighted by Gasteiger charge is 2.09. The van der Waals surface area contributed by atoms with Gasteiger partial charge >= 0.3 is 0 Å². The van der Waals surface area contributed by atoms with E-state index in [0.717, 1.165) is 18.7 Å². The Labute approximate surface area is 141 Å². The van der Waals surface area contributed by atoms with Crippen molar-refractivity contribution in [2.45, 2.75) is 13.3 Å². The molecule has 1 aromatic heterocycles. The highest BCUT2D eigenvalue weighted by atomic mass is 16.5. The number of ether oxygens (including phenoxy) is 1. The van der Waals surface area contributed by atoms with Crippen molar-refractivity contribution in [3.63, 3.8) is 0 Å². The zero-order chi connectivity index (χ0) is 17.4. The van der Waals surface area contributed by atoms with Crippen LogP contribution in [0.1, 0.15) is 34.2 Å². The summed E-state index contributed by atoms with van der Waals surface area (Å²) in [7, 11) is 1.67. The van der Waals surface area contributed by atoms with Gasteiger partial charge < -0.3 is 15.4 Å². The molecule has 24 heavy (non-hydrogen) atoms. The molecule has 2 N–H and O–H groups in total. The number of Topliss-reactive ketones (excluding diaryl/α,β-unsaturated/α-hetero) is 1. The zero-order valence-electron chi connectivity index (χ0n) is 13.8. The molecule has 2 rings (SSSR count). The maximum absolute atomic E-state index is 12.2. The Bertz CT molecular complexity index is 699. The zero-order valence-corrected chi connectivity index (χ0v) is 13.8. The van der Waals surface area contributed by atoms with E-state index in [9.17, 15) is 9.59 Å². The number of anilines is 2. The summed E-state index contributed by atoms with van der Waals surface area (Å²) in [6.07, 6.45) is 2.51. The fraction of sp³-hybridized carbons (Fsp3) is 0.278. The number of nitrogens with zero attached hydrogens (tertiary/aromatic N) is 1. The van der Waals surface area contributed by atoms with Crippen molar-refractivity contribution in [2.75, 3.05) is 30.9 Å². The second kappa shape index (κ2) is 8.79. The van der Waals surface area contributed by atoms with Gasteiger partial charge in [0.1, 0.15) is 5.69 Å². The number of hydrogen-bond acceptors (Lipinski definition) is 5. The lowest BCUT2D eigenvalue weighted by molar-refractivity contribution is 0.100. The number of carbonyl (C=O) groups excluding carboxylic acids is 2. The van der Waals surface area contributed by atoms with Gasteiger partial charge in [-0.2, -0.15) is 0 Å². The fourth-order valence-corrected chi connectivity index (χ4v) is 2.09. The van der Waals surface area contributed by atoms with Gasteiger partial charge in [-0.25, -0.2) is 4.98 Å². The Kier molecular flexibility index (Phi) is 6.45. The minimum atomic E-state index is -0.318. The summed E-state index contributed by atoms with van der Waals surface area (Å²) in [5, 5.41) is 5.95. The molecular formula is C18H21N3O3. The Hall–Kier alpha value is -2.73. The predicted octanol–water partition coefficient (Wildman–Crippen LogP) is 2.98.